The average Bonchev–Trinajstić information content (AvgIpc) is 3.02. The van der Waals surface area contributed by atoms with Crippen LogP contribution in [0.15, 0.2) is 24.3 Å². The van der Waals surface area contributed by atoms with E-state index in [9.17, 15) is 9.90 Å². The van der Waals surface area contributed by atoms with Gasteiger partial charge in [0.15, 0.2) is 0 Å². The molecule has 0 saturated carbocycles. The van der Waals surface area contributed by atoms with Gasteiger partial charge in [0.1, 0.15) is 5.60 Å². The van der Waals surface area contributed by atoms with E-state index in [1.165, 1.54) is 11.3 Å². The van der Waals surface area contributed by atoms with Gasteiger partial charge in [0.05, 0.1) is 11.5 Å². The first-order chi connectivity index (χ1) is 9.56. The first-order valence-corrected chi connectivity index (χ1v) is 7.25. The number of thiophene rings is 1. The predicted octanol–water partition coefficient (Wildman–Crippen LogP) is 1.36. The van der Waals surface area contributed by atoms with Crippen molar-refractivity contribution in [3.63, 3.8) is 0 Å². The van der Waals surface area contributed by atoms with Crippen molar-refractivity contribution in [3.8, 4) is 0 Å². The van der Waals surface area contributed by atoms with E-state index in [1.807, 2.05) is 24.3 Å². The highest BCUT2D eigenvalue weighted by Gasteiger charge is 2.32. The SMILES string of the molecule is Nc1ccc2sc(C(=O)NCC3(O)CCOC3)cc2c1. The third kappa shape index (κ3) is 2.63. The first kappa shape index (κ1) is 13.4. The maximum atomic E-state index is 12.1. The smallest absolute Gasteiger partial charge is 0.261 e. The predicted molar refractivity (Wildman–Crippen MR) is 79.0 cm³/mol. The number of ether oxygens (including phenoxy) is 1. The minimum Gasteiger partial charge on any atom is -0.399 e. The van der Waals surface area contributed by atoms with Crippen LogP contribution in [0.25, 0.3) is 10.1 Å². The Balaban J connectivity index is 1.72. The number of hydrogen-bond acceptors (Lipinski definition) is 5. The molecule has 0 aliphatic carbocycles. The van der Waals surface area contributed by atoms with Crippen LogP contribution in [0.2, 0.25) is 0 Å². The molecule has 3 rings (SSSR count). The molecule has 1 saturated heterocycles. The Bertz CT molecular complexity index is 647. The van der Waals surface area contributed by atoms with Crippen LogP contribution < -0.4 is 11.1 Å². The number of nitrogens with one attached hydrogen (secondary N) is 1. The number of anilines is 1. The van der Waals surface area contributed by atoms with E-state index in [2.05, 4.69) is 5.32 Å². The number of fused-ring (bicyclic) bond motifs is 1. The van der Waals surface area contributed by atoms with E-state index in [0.717, 1.165) is 10.1 Å². The summed E-state index contributed by atoms with van der Waals surface area (Å²) in [7, 11) is 0. The van der Waals surface area contributed by atoms with Crippen molar-refractivity contribution < 1.29 is 14.6 Å². The lowest BCUT2D eigenvalue weighted by Crippen LogP contribution is -2.43. The molecule has 1 amide bonds. The number of carbonyl (C=O) groups excluding carboxylic acids is 1. The van der Waals surface area contributed by atoms with Crippen LogP contribution in [-0.4, -0.2) is 36.4 Å². The second-order valence-corrected chi connectivity index (χ2v) is 6.20. The highest BCUT2D eigenvalue weighted by atomic mass is 32.1. The van der Waals surface area contributed by atoms with Gasteiger partial charge in [-0.25, -0.2) is 0 Å². The zero-order chi connectivity index (χ0) is 14.2. The Labute approximate surface area is 120 Å². The largest absolute Gasteiger partial charge is 0.399 e. The van der Waals surface area contributed by atoms with Crippen LogP contribution in [0.3, 0.4) is 0 Å². The normalized spacial score (nSPS) is 22.2. The Kier molecular flexibility index (Phi) is 3.37. The summed E-state index contributed by atoms with van der Waals surface area (Å²) in [6, 6.07) is 7.39. The molecule has 0 radical (unpaired) electrons. The molecule has 0 spiro atoms. The number of amides is 1. The van der Waals surface area contributed by atoms with Gasteiger partial charge in [-0.1, -0.05) is 0 Å². The molecule has 1 fully saturated rings. The lowest BCUT2D eigenvalue weighted by Gasteiger charge is -2.20. The standard InChI is InChI=1S/C14H16N2O3S/c15-10-1-2-11-9(5-10)6-12(20-11)13(17)16-7-14(18)3-4-19-8-14/h1-2,5-6,18H,3-4,7-8,15H2,(H,16,17). The van der Waals surface area contributed by atoms with E-state index in [-0.39, 0.29) is 19.1 Å². The van der Waals surface area contributed by atoms with Crippen molar-refractivity contribution in [1.29, 1.82) is 0 Å². The molecular formula is C14H16N2O3S. The zero-order valence-corrected chi connectivity index (χ0v) is 11.7. The summed E-state index contributed by atoms with van der Waals surface area (Å²) in [5.74, 6) is -0.176. The van der Waals surface area contributed by atoms with Crippen LogP contribution in [0, 0.1) is 0 Å². The van der Waals surface area contributed by atoms with Gasteiger partial charge in [-0.2, -0.15) is 0 Å². The molecule has 5 nitrogen and oxygen atoms in total. The summed E-state index contributed by atoms with van der Waals surface area (Å²) in [6.45, 7) is 1.02. The molecule has 2 aromatic rings. The van der Waals surface area contributed by atoms with E-state index in [4.69, 9.17) is 10.5 Å². The first-order valence-electron chi connectivity index (χ1n) is 6.43. The second-order valence-electron chi connectivity index (χ2n) is 5.12. The van der Waals surface area contributed by atoms with Crippen molar-refractivity contribution in [2.24, 2.45) is 0 Å². The quantitative estimate of drug-likeness (QED) is 0.746. The molecule has 4 N–H and O–H groups in total. The highest BCUT2D eigenvalue weighted by molar-refractivity contribution is 7.20. The van der Waals surface area contributed by atoms with Crippen molar-refractivity contribution >= 4 is 33.0 Å². The highest BCUT2D eigenvalue weighted by Crippen LogP contribution is 2.27. The van der Waals surface area contributed by atoms with Gasteiger partial charge in [0.25, 0.3) is 5.91 Å². The molecule has 1 aliphatic rings. The summed E-state index contributed by atoms with van der Waals surface area (Å²) < 4.78 is 6.17. The molecule has 1 unspecified atom stereocenters. The van der Waals surface area contributed by atoms with E-state index in [1.54, 1.807) is 0 Å². The van der Waals surface area contributed by atoms with Crippen LogP contribution in [-0.2, 0) is 4.74 Å². The van der Waals surface area contributed by atoms with E-state index < -0.39 is 5.60 Å². The molecule has 1 aromatic carbocycles. The van der Waals surface area contributed by atoms with Gasteiger partial charge in [0.2, 0.25) is 0 Å². The minimum atomic E-state index is -0.934. The molecular weight excluding hydrogens is 276 g/mol. The fraction of sp³-hybridized carbons (Fsp3) is 0.357. The van der Waals surface area contributed by atoms with Gasteiger partial charge in [-0.3, -0.25) is 4.79 Å². The monoisotopic (exact) mass is 292 g/mol. The lowest BCUT2D eigenvalue weighted by molar-refractivity contribution is 0.0265. The van der Waals surface area contributed by atoms with Gasteiger partial charge >= 0.3 is 0 Å². The Morgan fingerprint density at radius 2 is 2.35 bits per heavy atom. The summed E-state index contributed by atoms with van der Waals surface area (Å²) in [5, 5.41) is 13.8. The molecule has 20 heavy (non-hydrogen) atoms. The summed E-state index contributed by atoms with van der Waals surface area (Å²) in [5.41, 5.74) is 5.47. The van der Waals surface area contributed by atoms with E-state index in [0.29, 0.717) is 23.6 Å². The molecule has 6 heteroatoms. The van der Waals surface area contributed by atoms with Crippen LogP contribution in [0.1, 0.15) is 16.1 Å². The van der Waals surface area contributed by atoms with Crippen molar-refractivity contribution in [2.45, 2.75) is 12.0 Å². The number of aliphatic hydroxyl groups is 1. The Hall–Kier alpha value is -1.63. The molecule has 106 valence electrons. The van der Waals surface area contributed by atoms with Crippen LogP contribution in [0.5, 0.6) is 0 Å². The minimum absolute atomic E-state index is 0.176. The maximum Gasteiger partial charge on any atom is 0.261 e. The van der Waals surface area contributed by atoms with Gasteiger partial charge in [-0.15, -0.1) is 11.3 Å². The lowest BCUT2D eigenvalue weighted by atomic mass is 10.0. The third-order valence-electron chi connectivity index (χ3n) is 3.42. The molecule has 1 aliphatic heterocycles. The molecule has 1 atom stereocenters. The molecule has 0 bridgehead atoms. The molecule has 1 aromatic heterocycles. The van der Waals surface area contributed by atoms with Crippen molar-refractivity contribution in [2.75, 3.05) is 25.5 Å². The number of hydrogen-bond donors (Lipinski definition) is 3. The maximum absolute atomic E-state index is 12.1. The Morgan fingerprint density at radius 1 is 1.50 bits per heavy atom. The van der Waals surface area contributed by atoms with Crippen LogP contribution in [0.4, 0.5) is 5.69 Å². The molecule has 2 heterocycles. The van der Waals surface area contributed by atoms with Gasteiger partial charge in [0, 0.05) is 30.0 Å². The van der Waals surface area contributed by atoms with Crippen molar-refractivity contribution in [1.82, 2.24) is 5.32 Å². The van der Waals surface area contributed by atoms with Crippen molar-refractivity contribution in [3.05, 3.63) is 29.1 Å². The summed E-state index contributed by atoms with van der Waals surface area (Å²) in [4.78, 5) is 12.7. The number of benzene rings is 1. The second kappa shape index (κ2) is 5.05. The number of carbonyl (C=O) groups is 1. The number of nitrogen functional groups attached to an aromatic ring is 1. The average molecular weight is 292 g/mol. The van der Waals surface area contributed by atoms with E-state index >= 15 is 0 Å². The van der Waals surface area contributed by atoms with Crippen LogP contribution >= 0.6 is 11.3 Å². The Morgan fingerprint density at radius 3 is 3.10 bits per heavy atom. The fourth-order valence-corrected chi connectivity index (χ4v) is 3.20. The zero-order valence-electron chi connectivity index (χ0n) is 10.9. The van der Waals surface area contributed by atoms with Gasteiger partial charge < -0.3 is 20.9 Å². The number of rotatable bonds is 3. The third-order valence-corrected chi connectivity index (χ3v) is 4.54. The summed E-state index contributed by atoms with van der Waals surface area (Å²) >= 11 is 1.42. The summed E-state index contributed by atoms with van der Waals surface area (Å²) in [6.07, 6.45) is 0.552. The fourth-order valence-electron chi connectivity index (χ4n) is 2.24. The van der Waals surface area contributed by atoms with Gasteiger partial charge in [-0.05, 0) is 29.7 Å². The number of nitrogens with two attached hydrogens (primary N) is 1. The topological polar surface area (TPSA) is 84.6 Å².